The first-order valence-corrected chi connectivity index (χ1v) is 9.76. The molecule has 3 heteroatoms. The van der Waals surface area contributed by atoms with Gasteiger partial charge in [-0.05, 0) is 37.5 Å². The van der Waals surface area contributed by atoms with E-state index in [2.05, 4.69) is 57.2 Å². The van der Waals surface area contributed by atoms with E-state index in [1.807, 2.05) is 53.6 Å². The molecule has 0 unspecified atom stereocenters. The predicted octanol–water partition coefficient (Wildman–Crippen LogP) is 5.11. The van der Waals surface area contributed by atoms with Crippen LogP contribution >= 0.6 is 0 Å². The Labute approximate surface area is 167 Å². The van der Waals surface area contributed by atoms with Crippen LogP contribution in [0.5, 0.6) is 0 Å². The molecule has 1 aliphatic rings. The zero-order chi connectivity index (χ0) is 19.8. The zero-order valence-corrected chi connectivity index (χ0v) is 16.7. The van der Waals surface area contributed by atoms with Crippen molar-refractivity contribution in [2.75, 3.05) is 6.61 Å². The number of nitrogens with zero attached hydrogens (tertiary/aromatic N) is 1. The second-order valence-electron chi connectivity index (χ2n) is 8.07. The van der Waals surface area contributed by atoms with Gasteiger partial charge in [0, 0.05) is 0 Å². The van der Waals surface area contributed by atoms with Gasteiger partial charge in [-0.25, -0.2) is 0 Å². The van der Waals surface area contributed by atoms with Crippen LogP contribution in [0.1, 0.15) is 42.1 Å². The van der Waals surface area contributed by atoms with E-state index in [0.717, 1.165) is 11.1 Å². The van der Waals surface area contributed by atoms with Gasteiger partial charge in [-0.2, -0.15) is 5.06 Å². The number of hydrogen-bond donors (Lipinski definition) is 1. The summed E-state index contributed by atoms with van der Waals surface area (Å²) in [7, 11) is 0. The average molecular weight is 373 g/mol. The number of aliphatic hydroxyl groups excluding tert-OH is 1. The van der Waals surface area contributed by atoms with Gasteiger partial charge < -0.3 is 5.11 Å². The lowest BCUT2D eigenvalue weighted by Crippen LogP contribution is -2.66. The molecule has 144 valence electrons. The normalized spacial score (nSPS) is 22.6. The number of aliphatic hydroxyl groups is 1. The van der Waals surface area contributed by atoms with E-state index in [9.17, 15) is 5.11 Å². The summed E-state index contributed by atoms with van der Waals surface area (Å²) in [5.74, 6) is 0. The Balaban J connectivity index is 1.81. The summed E-state index contributed by atoms with van der Waals surface area (Å²) in [6.07, 6.45) is 0. The SMILES string of the molecule is Cc1ccc([C@@H]2N(C(C)(C)c3ccccc3)O[C@]2(CO)c2ccccc2)cc1. The molecule has 1 fully saturated rings. The lowest BCUT2D eigenvalue weighted by atomic mass is 9.77. The molecule has 1 saturated heterocycles. The smallest absolute Gasteiger partial charge is 0.160 e. The highest BCUT2D eigenvalue weighted by Crippen LogP contribution is 2.56. The lowest BCUT2D eigenvalue weighted by molar-refractivity contribution is -0.446. The van der Waals surface area contributed by atoms with E-state index >= 15 is 0 Å². The van der Waals surface area contributed by atoms with Gasteiger partial charge in [-0.15, -0.1) is 0 Å². The first-order valence-electron chi connectivity index (χ1n) is 9.76. The van der Waals surface area contributed by atoms with Gasteiger partial charge in [0.25, 0.3) is 0 Å². The largest absolute Gasteiger partial charge is 0.393 e. The Hall–Kier alpha value is -2.46. The Morgan fingerprint density at radius 1 is 0.893 bits per heavy atom. The Morgan fingerprint density at radius 3 is 2.04 bits per heavy atom. The van der Waals surface area contributed by atoms with E-state index in [1.54, 1.807) is 0 Å². The van der Waals surface area contributed by atoms with Gasteiger partial charge in [0.15, 0.2) is 5.60 Å². The van der Waals surface area contributed by atoms with Crippen molar-refractivity contribution in [3.05, 3.63) is 107 Å². The summed E-state index contributed by atoms with van der Waals surface area (Å²) in [6.45, 7) is 6.33. The van der Waals surface area contributed by atoms with Crippen molar-refractivity contribution in [2.45, 2.75) is 38.0 Å². The second kappa shape index (κ2) is 7.17. The Morgan fingerprint density at radius 2 is 1.46 bits per heavy atom. The number of hydroxylamine groups is 2. The van der Waals surface area contributed by atoms with E-state index in [0.29, 0.717) is 0 Å². The van der Waals surface area contributed by atoms with E-state index in [4.69, 9.17) is 4.84 Å². The minimum absolute atomic E-state index is 0.0864. The third kappa shape index (κ3) is 2.96. The molecule has 0 aliphatic carbocycles. The predicted molar refractivity (Wildman–Crippen MR) is 112 cm³/mol. The number of benzene rings is 3. The van der Waals surface area contributed by atoms with Crippen LogP contribution in [0.3, 0.4) is 0 Å². The van der Waals surface area contributed by atoms with Crippen molar-refractivity contribution in [1.29, 1.82) is 0 Å². The molecule has 0 aromatic heterocycles. The number of aryl methyl sites for hydroxylation is 1. The van der Waals surface area contributed by atoms with Crippen molar-refractivity contribution >= 4 is 0 Å². The van der Waals surface area contributed by atoms with Gasteiger partial charge in [0.1, 0.15) is 0 Å². The Bertz CT molecular complexity index is 922. The molecule has 0 amide bonds. The fourth-order valence-electron chi connectivity index (χ4n) is 4.12. The maximum absolute atomic E-state index is 10.5. The molecule has 1 heterocycles. The monoisotopic (exact) mass is 373 g/mol. The molecule has 3 aromatic carbocycles. The van der Waals surface area contributed by atoms with Crippen LogP contribution in [0.15, 0.2) is 84.9 Å². The van der Waals surface area contributed by atoms with Crippen LogP contribution < -0.4 is 0 Å². The van der Waals surface area contributed by atoms with Gasteiger partial charge in [-0.1, -0.05) is 90.5 Å². The van der Waals surface area contributed by atoms with Crippen LogP contribution in [-0.2, 0) is 16.0 Å². The standard InChI is InChI=1S/C25H27NO2/c1-19-14-16-20(17-15-19)23-25(18-27,22-12-8-5-9-13-22)28-26(23)24(2,3)21-10-6-4-7-11-21/h4-17,23,27H,18H2,1-3H3/t23-,25+/m0/s1. The third-order valence-electron chi connectivity index (χ3n) is 5.86. The van der Waals surface area contributed by atoms with E-state index in [1.165, 1.54) is 11.1 Å². The van der Waals surface area contributed by atoms with Crippen molar-refractivity contribution in [3.63, 3.8) is 0 Å². The van der Waals surface area contributed by atoms with Crippen molar-refractivity contribution in [2.24, 2.45) is 0 Å². The maximum atomic E-state index is 10.5. The van der Waals surface area contributed by atoms with Gasteiger partial charge >= 0.3 is 0 Å². The summed E-state index contributed by atoms with van der Waals surface area (Å²) < 4.78 is 0. The second-order valence-corrected chi connectivity index (χ2v) is 8.07. The summed E-state index contributed by atoms with van der Waals surface area (Å²) in [5, 5.41) is 12.5. The topological polar surface area (TPSA) is 32.7 Å². The van der Waals surface area contributed by atoms with E-state index in [-0.39, 0.29) is 18.2 Å². The maximum Gasteiger partial charge on any atom is 0.160 e. The molecule has 0 bridgehead atoms. The highest BCUT2D eigenvalue weighted by Gasteiger charge is 2.60. The highest BCUT2D eigenvalue weighted by molar-refractivity contribution is 5.36. The molecule has 3 nitrogen and oxygen atoms in total. The molecular weight excluding hydrogens is 346 g/mol. The molecule has 1 aliphatic heterocycles. The van der Waals surface area contributed by atoms with Gasteiger partial charge in [0.2, 0.25) is 0 Å². The van der Waals surface area contributed by atoms with E-state index < -0.39 is 5.60 Å². The summed E-state index contributed by atoms with van der Waals surface area (Å²) in [4.78, 5) is 6.46. The summed E-state index contributed by atoms with van der Waals surface area (Å²) in [5.41, 5.74) is 3.37. The van der Waals surface area contributed by atoms with Crippen molar-refractivity contribution in [3.8, 4) is 0 Å². The fraction of sp³-hybridized carbons (Fsp3) is 0.280. The average Bonchev–Trinajstić information content (AvgIpc) is 2.71. The molecule has 4 rings (SSSR count). The quantitative estimate of drug-likeness (QED) is 0.675. The first kappa shape index (κ1) is 18.9. The minimum atomic E-state index is -0.789. The van der Waals surface area contributed by atoms with Crippen LogP contribution in [0.4, 0.5) is 0 Å². The van der Waals surface area contributed by atoms with Crippen LogP contribution in [0.25, 0.3) is 0 Å². The van der Waals surface area contributed by atoms with Gasteiger partial charge in [0.05, 0.1) is 18.2 Å². The van der Waals surface area contributed by atoms with Crippen molar-refractivity contribution in [1.82, 2.24) is 5.06 Å². The third-order valence-corrected chi connectivity index (χ3v) is 5.86. The fourth-order valence-corrected chi connectivity index (χ4v) is 4.12. The highest BCUT2D eigenvalue weighted by atomic mass is 16.7. The van der Waals surface area contributed by atoms with Crippen molar-refractivity contribution < 1.29 is 9.94 Å². The minimum Gasteiger partial charge on any atom is -0.393 e. The molecule has 0 radical (unpaired) electrons. The molecule has 0 saturated carbocycles. The summed E-state index contributed by atoms with van der Waals surface area (Å²) in [6, 6.07) is 28.8. The molecule has 0 spiro atoms. The Kier molecular flexibility index (Phi) is 4.84. The number of hydrogen-bond acceptors (Lipinski definition) is 3. The van der Waals surface area contributed by atoms with Gasteiger partial charge in [-0.3, -0.25) is 4.84 Å². The number of rotatable bonds is 5. The molecular formula is C25H27NO2. The van der Waals surface area contributed by atoms with Crippen LogP contribution in [0, 0.1) is 6.92 Å². The molecule has 28 heavy (non-hydrogen) atoms. The first-order chi connectivity index (χ1) is 13.5. The molecule has 2 atom stereocenters. The van der Waals surface area contributed by atoms with Crippen LogP contribution in [-0.4, -0.2) is 16.8 Å². The summed E-state index contributed by atoms with van der Waals surface area (Å²) >= 11 is 0. The molecule has 1 N–H and O–H groups in total. The van der Waals surface area contributed by atoms with Crippen LogP contribution in [0.2, 0.25) is 0 Å². The molecule has 3 aromatic rings. The zero-order valence-electron chi connectivity index (χ0n) is 16.7. The lowest BCUT2D eigenvalue weighted by Gasteiger charge is -2.61.